The van der Waals surface area contributed by atoms with Crippen LogP contribution >= 0.6 is 0 Å². The second kappa shape index (κ2) is 5.78. The molecule has 0 atom stereocenters. The molecule has 0 radical (unpaired) electrons. The van der Waals surface area contributed by atoms with Crippen LogP contribution in [0.15, 0.2) is 23.1 Å². The predicted molar refractivity (Wildman–Crippen MR) is 84.4 cm³/mol. The third kappa shape index (κ3) is 5.14. The van der Waals surface area contributed by atoms with Crippen LogP contribution in [0, 0.1) is 23.7 Å². The van der Waals surface area contributed by atoms with Gasteiger partial charge in [0.05, 0.1) is 16.5 Å². The van der Waals surface area contributed by atoms with Crippen LogP contribution in [0.2, 0.25) is 0 Å². The highest BCUT2D eigenvalue weighted by Crippen LogP contribution is 2.28. The molecule has 0 saturated heterocycles. The summed E-state index contributed by atoms with van der Waals surface area (Å²) in [6.07, 6.45) is 0.717. The Morgan fingerprint density at radius 1 is 1.19 bits per heavy atom. The van der Waals surface area contributed by atoms with Gasteiger partial charge < -0.3 is 0 Å². The first-order chi connectivity index (χ1) is 9.36. The van der Waals surface area contributed by atoms with E-state index in [0.29, 0.717) is 17.5 Å². The number of nitrogens with zero attached hydrogens (tertiary/aromatic N) is 1. The molecular weight excluding hydrogens is 284 g/mol. The number of benzene rings is 1. The third-order valence-electron chi connectivity index (χ3n) is 3.01. The number of sulfonamides is 1. The summed E-state index contributed by atoms with van der Waals surface area (Å²) in [7, 11) is -3.60. The van der Waals surface area contributed by atoms with Gasteiger partial charge in [-0.2, -0.15) is 5.26 Å². The van der Waals surface area contributed by atoms with Crippen molar-refractivity contribution in [3.05, 3.63) is 29.3 Å². The summed E-state index contributed by atoms with van der Waals surface area (Å²) >= 11 is 0. The van der Waals surface area contributed by atoms with Gasteiger partial charge in [-0.1, -0.05) is 20.8 Å². The summed E-state index contributed by atoms with van der Waals surface area (Å²) in [5.41, 5.74) is 0.628. The second-order valence-corrected chi connectivity index (χ2v) is 9.00. The maximum absolute atomic E-state index is 12.5. The van der Waals surface area contributed by atoms with Crippen LogP contribution in [0.5, 0.6) is 0 Å². The number of nitriles is 1. The van der Waals surface area contributed by atoms with E-state index < -0.39 is 15.6 Å². The number of rotatable bonds is 4. The Morgan fingerprint density at radius 2 is 1.76 bits per heavy atom. The lowest BCUT2D eigenvalue weighted by Crippen LogP contribution is -2.45. The van der Waals surface area contributed by atoms with E-state index in [1.807, 2.05) is 19.9 Å². The summed E-state index contributed by atoms with van der Waals surface area (Å²) in [5, 5.41) is 8.91. The highest BCUT2D eigenvalue weighted by atomic mass is 32.2. The summed E-state index contributed by atoms with van der Waals surface area (Å²) in [6, 6.07) is 6.59. The molecule has 0 fully saturated rings. The molecule has 0 heterocycles. The first-order valence-electron chi connectivity index (χ1n) is 6.91. The normalized spacial score (nSPS) is 13.0. The molecule has 0 spiro atoms. The van der Waals surface area contributed by atoms with E-state index in [1.54, 1.807) is 13.0 Å². The van der Waals surface area contributed by atoms with Gasteiger partial charge in [-0.3, -0.25) is 0 Å². The maximum atomic E-state index is 12.5. The molecule has 4 nitrogen and oxygen atoms in total. The molecule has 0 aliphatic heterocycles. The molecule has 5 heteroatoms. The van der Waals surface area contributed by atoms with Crippen molar-refractivity contribution < 1.29 is 8.42 Å². The predicted octanol–water partition coefficient (Wildman–Crippen LogP) is 3.36. The minimum absolute atomic E-state index is 0.0204. The minimum Gasteiger partial charge on any atom is -0.207 e. The van der Waals surface area contributed by atoms with Gasteiger partial charge in [-0.15, -0.1) is 0 Å². The van der Waals surface area contributed by atoms with E-state index in [9.17, 15) is 8.42 Å². The zero-order valence-electron chi connectivity index (χ0n) is 13.6. The van der Waals surface area contributed by atoms with E-state index in [-0.39, 0.29) is 10.3 Å². The lowest BCUT2D eigenvalue weighted by molar-refractivity contribution is 0.269. The van der Waals surface area contributed by atoms with Crippen molar-refractivity contribution in [2.24, 2.45) is 5.41 Å². The number of hydrogen-bond acceptors (Lipinski definition) is 3. The average molecular weight is 308 g/mol. The lowest BCUT2D eigenvalue weighted by atomic mass is 9.82. The summed E-state index contributed by atoms with van der Waals surface area (Å²) in [4.78, 5) is 0.195. The third-order valence-corrected chi connectivity index (χ3v) is 4.71. The molecule has 0 aromatic heterocycles. The van der Waals surface area contributed by atoms with Crippen LogP contribution in [0.25, 0.3) is 0 Å². The highest BCUT2D eigenvalue weighted by Gasteiger charge is 2.30. The van der Waals surface area contributed by atoms with E-state index in [1.165, 1.54) is 12.1 Å². The number of hydrogen-bond donors (Lipinski definition) is 1. The Kier molecular flexibility index (Phi) is 4.87. The molecule has 116 valence electrons. The van der Waals surface area contributed by atoms with Crippen molar-refractivity contribution in [2.45, 2.75) is 58.4 Å². The van der Waals surface area contributed by atoms with Crippen LogP contribution in [0.3, 0.4) is 0 Å². The van der Waals surface area contributed by atoms with Crippen molar-refractivity contribution in [2.75, 3.05) is 0 Å². The van der Waals surface area contributed by atoms with E-state index >= 15 is 0 Å². The van der Waals surface area contributed by atoms with E-state index in [0.717, 1.165) is 0 Å². The van der Waals surface area contributed by atoms with Crippen LogP contribution in [-0.4, -0.2) is 14.0 Å². The molecule has 0 aliphatic carbocycles. The summed E-state index contributed by atoms with van der Waals surface area (Å²) < 4.78 is 27.7. The Balaban J connectivity index is 3.07. The fourth-order valence-electron chi connectivity index (χ4n) is 2.71. The molecule has 21 heavy (non-hydrogen) atoms. The smallest absolute Gasteiger partial charge is 0.207 e. The van der Waals surface area contributed by atoms with Gasteiger partial charge in [0.2, 0.25) is 10.0 Å². The number of aryl methyl sites for hydroxylation is 1. The Hall–Kier alpha value is -1.38. The van der Waals surface area contributed by atoms with Crippen molar-refractivity contribution in [3.63, 3.8) is 0 Å². The highest BCUT2D eigenvalue weighted by molar-refractivity contribution is 7.89. The molecule has 0 bridgehead atoms. The molecule has 0 aliphatic rings. The Bertz CT molecular complexity index is 662. The Morgan fingerprint density at radius 3 is 2.19 bits per heavy atom. The fraction of sp³-hybridized carbons (Fsp3) is 0.562. The topological polar surface area (TPSA) is 70.0 Å². The van der Waals surface area contributed by atoms with Crippen LogP contribution in [-0.2, 0) is 10.0 Å². The quantitative estimate of drug-likeness (QED) is 0.927. The van der Waals surface area contributed by atoms with Crippen LogP contribution < -0.4 is 4.72 Å². The minimum atomic E-state index is -3.60. The van der Waals surface area contributed by atoms with E-state index in [4.69, 9.17) is 5.26 Å². The molecule has 0 saturated carbocycles. The number of nitrogens with one attached hydrogen (secondary N) is 1. The molecule has 1 aromatic rings. The van der Waals surface area contributed by atoms with Gasteiger partial charge in [0, 0.05) is 5.54 Å². The standard InChI is InChI=1S/C16H24N2O2S/c1-12-9-14(8-7-13(12)10-17)21(19,20)18-16(5,6)11-15(2,3)4/h7-9,18H,11H2,1-6H3. The maximum Gasteiger partial charge on any atom is 0.241 e. The fourth-order valence-corrected chi connectivity index (χ4v) is 4.21. The van der Waals surface area contributed by atoms with Crippen molar-refractivity contribution in [3.8, 4) is 6.07 Å². The lowest BCUT2D eigenvalue weighted by Gasteiger charge is -2.33. The zero-order valence-corrected chi connectivity index (χ0v) is 14.4. The molecule has 1 aromatic carbocycles. The molecule has 0 unspecified atom stereocenters. The Labute approximate surface area is 128 Å². The average Bonchev–Trinajstić information content (AvgIpc) is 2.23. The van der Waals surface area contributed by atoms with Gasteiger partial charge in [0.25, 0.3) is 0 Å². The van der Waals surface area contributed by atoms with Crippen molar-refractivity contribution in [1.82, 2.24) is 4.72 Å². The molecule has 0 amide bonds. The van der Waals surface area contributed by atoms with Crippen LogP contribution in [0.1, 0.15) is 52.2 Å². The van der Waals surface area contributed by atoms with E-state index in [2.05, 4.69) is 25.5 Å². The monoisotopic (exact) mass is 308 g/mol. The largest absolute Gasteiger partial charge is 0.241 e. The van der Waals surface area contributed by atoms with Gasteiger partial charge in [-0.05, 0) is 56.4 Å². The van der Waals surface area contributed by atoms with Gasteiger partial charge >= 0.3 is 0 Å². The van der Waals surface area contributed by atoms with Gasteiger partial charge in [0.15, 0.2) is 0 Å². The summed E-state index contributed by atoms with van der Waals surface area (Å²) in [5.74, 6) is 0. The first-order valence-corrected chi connectivity index (χ1v) is 8.39. The molecule has 1 rings (SSSR count). The molecular formula is C16H24N2O2S. The van der Waals surface area contributed by atoms with Crippen molar-refractivity contribution in [1.29, 1.82) is 5.26 Å². The SMILES string of the molecule is Cc1cc(S(=O)(=O)NC(C)(C)CC(C)(C)C)ccc1C#N. The zero-order chi connectivity index (χ0) is 16.5. The van der Waals surface area contributed by atoms with Crippen molar-refractivity contribution >= 4 is 10.0 Å². The summed E-state index contributed by atoms with van der Waals surface area (Å²) in [6.45, 7) is 11.7. The second-order valence-electron chi connectivity index (χ2n) is 7.32. The van der Waals surface area contributed by atoms with Crippen LogP contribution in [0.4, 0.5) is 0 Å². The van der Waals surface area contributed by atoms with Gasteiger partial charge in [-0.25, -0.2) is 13.1 Å². The van der Waals surface area contributed by atoms with Gasteiger partial charge in [0.1, 0.15) is 0 Å². The molecule has 1 N–H and O–H groups in total. The first kappa shape index (κ1) is 17.7.